The third-order valence-corrected chi connectivity index (χ3v) is 11.1. The molecule has 1 spiro atoms. The minimum atomic E-state index is -2.74. The second-order valence-electron chi connectivity index (χ2n) is 10.9. The number of amides is 2. The van der Waals surface area contributed by atoms with E-state index in [1.807, 2.05) is 92.8 Å². The Labute approximate surface area is 238 Å². The lowest BCUT2D eigenvalue weighted by atomic mass is 9.82. The van der Waals surface area contributed by atoms with Gasteiger partial charge < -0.3 is 19.5 Å². The van der Waals surface area contributed by atoms with E-state index in [0.29, 0.717) is 13.0 Å². The van der Waals surface area contributed by atoms with Gasteiger partial charge in [0.15, 0.2) is 13.9 Å². The van der Waals surface area contributed by atoms with Gasteiger partial charge in [0, 0.05) is 39.5 Å². The van der Waals surface area contributed by atoms with Gasteiger partial charge in [0.1, 0.15) is 0 Å². The monoisotopic (exact) mass is 608 g/mol. The van der Waals surface area contributed by atoms with Gasteiger partial charge in [-0.15, -0.1) is 0 Å². The first kappa shape index (κ1) is 27.7. The van der Waals surface area contributed by atoms with Crippen LogP contribution in [0.15, 0.2) is 77.3 Å². The number of hydrogen-bond donors (Lipinski definition) is 2. The lowest BCUT2D eigenvalue weighted by molar-refractivity contribution is -0.146. The van der Waals surface area contributed by atoms with Gasteiger partial charge in [0.05, 0.1) is 18.3 Å². The number of carbonyl (C=O) groups excluding carboxylic acids is 2. The lowest BCUT2D eigenvalue weighted by Crippen LogP contribution is -2.46. The van der Waals surface area contributed by atoms with Gasteiger partial charge in [0.2, 0.25) is 6.41 Å². The van der Waals surface area contributed by atoms with Crippen LogP contribution in [0.5, 0.6) is 0 Å². The van der Waals surface area contributed by atoms with E-state index in [-0.39, 0.29) is 24.0 Å². The average molecular weight is 610 g/mol. The van der Waals surface area contributed by atoms with Crippen LogP contribution in [-0.2, 0) is 26.5 Å². The van der Waals surface area contributed by atoms with Gasteiger partial charge in [-0.2, -0.15) is 0 Å². The molecule has 0 aliphatic carbocycles. The molecule has 0 saturated carbocycles. The molecule has 1 fully saturated rings. The summed E-state index contributed by atoms with van der Waals surface area (Å²) in [6.45, 7) is 5.99. The number of fused-ring (bicyclic) bond motifs is 2. The molecule has 7 nitrogen and oxygen atoms in total. The zero-order chi connectivity index (χ0) is 27.9. The Bertz CT molecular complexity index is 1360. The van der Waals surface area contributed by atoms with Crippen molar-refractivity contribution in [1.29, 1.82) is 0 Å². The summed E-state index contributed by atoms with van der Waals surface area (Å²) < 4.78 is 7.48. The van der Waals surface area contributed by atoms with Gasteiger partial charge >= 0.3 is 0 Å². The van der Waals surface area contributed by atoms with Crippen molar-refractivity contribution in [3.63, 3.8) is 0 Å². The number of benzene rings is 3. The zero-order valence-electron chi connectivity index (χ0n) is 22.3. The third-order valence-electron chi connectivity index (χ3n) is 8.05. The van der Waals surface area contributed by atoms with Crippen molar-refractivity contribution in [3.05, 3.63) is 88.4 Å². The smallest absolute Gasteiger partial charge is 0.264 e. The first-order valence-electron chi connectivity index (χ1n) is 13.1. The Balaban J connectivity index is 1.49. The molecule has 5 rings (SSSR count). The Morgan fingerprint density at radius 3 is 2.36 bits per heavy atom. The molecule has 2 amide bonds. The number of para-hydroxylation sites is 1. The molecule has 2 aliphatic heterocycles. The Morgan fingerprint density at radius 1 is 1.08 bits per heavy atom. The molecule has 9 heteroatoms. The topological polar surface area (TPSA) is 90.3 Å². The van der Waals surface area contributed by atoms with Crippen LogP contribution in [0.1, 0.15) is 24.5 Å². The number of halogens is 1. The van der Waals surface area contributed by atoms with E-state index in [2.05, 4.69) is 15.9 Å². The van der Waals surface area contributed by atoms with E-state index in [1.165, 1.54) is 0 Å². The van der Waals surface area contributed by atoms with E-state index in [4.69, 9.17) is 4.74 Å². The van der Waals surface area contributed by atoms with Gasteiger partial charge in [-0.1, -0.05) is 53.2 Å². The predicted molar refractivity (Wildman–Crippen MR) is 157 cm³/mol. The highest BCUT2D eigenvalue weighted by Crippen LogP contribution is 2.60. The summed E-state index contributed by atoms with van der Waals surface area (Å²) in [5.74, 6) is -0.435. The summed E-state index contributed by atoms with van der Waals surface area (Å²) in [4.78, 5) is 40.7. The fraction of sp³-hybridized carbons (Fsp3) is 0.333. The summed E-state index contributed by atoms with van der Waals surface area (Å²) in [6.07, 6.45) is 0.732. The molecular weight excluding hydrogens is 576 g/mol. The number of carbonyl (C=O) groups is 2. The molecule has 0 unspecified atom stereocenters. The maximum absolute atomic E-state index is 14.3. The minimum Gasteiger partial charge on any atom is -0.432 e. The summed E-state index contributed by atoms with van der Waals surface area (Å²) in [5, 5.41) is 9.76. The van der Waals surface area contributed by atoms with E-state index < -0.39 is 20.0 Å². The number of aliphatic hydroxyl groups is 1. The van der Waals surface area contributed by atoms with Gasteiger partial charge in [0.25, 0.3) is 5.91 Å². The standard InChI is InChI=1S/C30H33BrN2O5Si/c1-20-28(39(2,3)37)27(15-16-34)38-30(20)25-17-22(31)11-14-26(25)32(29(30)36)18-21-9-12-24(13-10-21)33(19-35)23-7-5-4-6-8-23/h4-14,17,19-20,27-28,34,37H,15-16,18H2,1-3H3/t20-,27+,28-,30+/m0/s1. The van der Waals surface area contributed by atoms with Crippen LogP contribution in [0.3, 0.4) is 0 Å². The molecule has 3 aromatic rings. The number of rotatable bonds is 8. The van der Waals surface area contributed by atoms with Crippen LogP contribution in [0.4, 0.5) is 17.1 Å². The maximum Gasteiger partial charge on any atom is 0.264 e. The highest BCUT2D eigenvalue weighted by molar-refractivity contribution is 9.10. The Hall–Kier alpha value is -2.82. The molecule has 39 heavy (non-hydrogen) atoms. The SMILES string of the molecule is C[C@H]1[C@H]([Si](C)(C)O)[C@@H](CCO)O[C@]12C(=O)N(Cc1ccc(N(C=O)c3ccccc3)cc1)c1ccc(Br)cc12. The fourth-order valence-electron chi connectivity index (χ4n) is 6.41. The minimum absolute atomic E-state index is 0.0785. The van der Waals surface area contributed by atoms with Crippen LogP contribution < -0.4 is 9.80 Å². The van der Waals surface area contributed by atoms with Crippen LogP contribution in [0.25, 0.3) is 0 Å². The molecule has 3 aromatic carbocycles. The number of anilines is 3. The van der Waals surface area contributed by atoms with Crippen molar-refractivity contribution in [2.24, 2.45) is 5.92 Å². The summed E-state index contributed by atoms with van der Waals surface area (Å²) in [5.41, 5.74) is 2.51. The van der Waals surface area contributed by atoms with Gasteiger partial charge in [-0.05, 0) is 67.5 Å². The van der Waals surface area contributed by atoms with E-state index in [9.17, 15) is 19.5 Å². The predicted octanol–water partition coefficient (Wildman–Crippen LogP) is 5.47. The number of ether oxygens (including phenoxy) is 1. The van der Waals surface area contributed by atoms with Crippen molar-refractivity contribution < 1.29 is 24.2 Å². The van der Waals surface area contributed by atoms with Crippen molar-refractivity contribution in [2.75, 3.05) is 16.4 Å². The van der Waals surface area contributed by atoms with Crippen LogP contribution >= 0.6 is 15.9 Å². The average Bonchev–Trinajstić information content (AvgIpc) is 3.33. The van der Waals surface area contributed by atoms with Crippen molar-refractivity contribution in [2.45, 2.75) is 50.2 Å². The molecule has 2 N–H and O–H groups in total. The van der Waals surface area contributed by atoms with Gasteiger partial charge in [-0.25, -0.2) is 0 Å². The number of nitrogens with zero attached hydrogens (tertiary/aromatic N) is 2. The van der Waals surface area contributed by atoms with Crippen molar-refractivity contribution in [1.82, 2.24) is 0 Å². The normalized spacial score (nSPS) is 24.3. The van der Waals surface area contributed by atoms with Crippen molar-refractivity contribution in [3.8, 4) is 0 Å². The van der Waals surface area contributed by atoms with Crippen LogP contribution in [0, 0.1) is 5.92 Å². The molecule has 0 aromatic heterocycles. The summed E-state index contributed by atoms with van der Waals surface area (Å²) >= 11 is 3.57. The highest BCUT2D eigenvalue weighted by atomic mass is 79.9. The summed E-state index contributed by atoms with van der Waals surface area (Å²) in [6, 6.07) is 22.8. The molecule has 0 bridgehead atoms. The highest BCUT2D eigenvalue weighted by Gasteiger charge is 2.66. The largest absolute Gasteiger partial charge is 0.432 e. The molecular formula is C30H33BrN2O5Si. The Kier molecular flexibility index (Phi) is 7.56. The van der Waals surface area contributed by atoms with E-state index in [0.717, 1.165) is 39.1 Å². The van der Waals surface area contributed by atoms with Gasteiger partial charge in [-0.3, -0.25) is 14.5 Å². The number of aliphatic hydroxyl groups excluding tert-OH is 1. The first-order chi connectivity index (χ1) is 18.6. The zero-order valence-corrected chi connectivity index (χ0v) is 24.8. The third kappa shape index (κ3) is 4.76. The Morgan fingerprint density at radius 2 is 1.74 bits per heavy atom. The molecule has 204 valence electrons. The molecule has 2 heterocycles. The first-order valence-corrected chi connectivity index (χ1v) is 16.9. The number of hydrogen-bond acceptors (Lipinski definition) is 5. The summed E-state index contributed by atoms with van der Waals surface area (Å²) in [7, 11) is -2.74. The van der Waals surface area contributed by atoms with E-state index >= 15 is 0 Å². The molecule has 1 saturated heterocycles. The maximum atomic E-state index is 14.3. The van der Waals surface area contributed by atoms with Crippen LogP contribution in [-0.4, -0.2) is 43.2 Å². The van der Waals surface area contributed by atoms with Crippen LogP contribution in [0.2, 0.25) is 18.6 Å². The van der Waals surface area contributed by atoms with Crippen molar-refractivity contribution >= 4 is 53.6 Å². The van der Waals surface area contributed by atoms with E-state index in [1.54, 1.807) is 9.80 Å². The second-order valence-corrected chi connectivity index (χ2v) is 15.8. The fourth-order valence-corrected chi connectivity index (χ4v) is 9.37. The molecule has 2 aliphatic rings. The second kappa shape index (κ2) is 10.6. The quantitative estimate of drug-likeness (QED) is 0.261. The molecule has 4 atom stereocenters. The molecule has 0 radical (unpaired) electrons. The lowest BCUT2D eigenvalue weighted by Gasteiger charge is -2.32.